The highest BCUT2D eigenvalue weighted by Gasteiger charge is 2.30. The summed E-state index contributed by atoms with van der Waals surface area (Å²) in [7, 11) is 0. The zero-order chi connectivity index (χ0) is 18.4. The third-order valence-corrected chi connectivity index (χ3v) is 4.58. The topological polar surface area (TPSA) is 24.9 Å². The molecule has 0 saturated heterocycles. The molecule has 0 atom stereocenters. The van der Waals surface area contributed by atoms with E-state index in [2.05, 4.69) is 10.3 Å². The second-order valence-corrected chi connectivity index (χ2v) is 6.63. The fourth-order valence-corrected chi connectivity index (χ4v) is 3.00. The zero-order valence-electron chi connectivity index (χ0n) is 12.7. The van der Waals surface area contributed by atoms with Gasteiger partial charge in [-0.15, -0.1) is 0 Å². The molecule has 2 nitrogen and oxygen atoms in total. The normalized spacial score (nSPS) is 11.8. The van der Waals surface area contributed by atoms with Crippen LogP contribution in [0.15, 0.2) is 36.4 Å². The molecule has 0 aliphatic carbocycles. The second kappa shape index (κ2) is 6.56. The summed E-state index contributed by atoms with van der Waals surface area (Å²) in [6.07, 6.45) is -4.43. The highest BCUT2D eigenvalue weighted by molar-refractivity contribution is 6.44. The molecule has 0 aliphatic heterocycles. The number of nitrogens with one attached hydrogen (secondary N) is 1. The van der Waals surface area contributed by atoms with Crippen molar-refractivity contribution in [3.05, 3.63) is 62.7 Å². The Morgan fingerprint density at radius 1 is 0.880 bits per heavy atom. The molecule has 0 bridgehead atoms. The molecular weight excluding hydrogens is 396 g/mol. The highest BCUT2D eigenvalue weighted by atomic mass is 35.5. The number of anilines is 2. The molecule has 8 heteroatoms. The number of rotatable bonds is 2. The number of aromatic nitrogens is 1. The summed E-state index contributed by atoms with van der Waals surface area (Å²) in [5.41, 5.74) is 1.09. The van der Waals surface area contributed by atoms with E-state index in [0.717, 1.165) is 12.1 Å². The largest absolute Gasteiger partial charge is 0.416 e. The van der Waals surface area contributed by atoms with E-state index in [1.54, 1.807) is 19.1 Å². The molecule has 1 heterocycles. The summed E-state index contributed by atoms with van der Waals surface area (Å²) in [6, 6.07) is 8.17. The third kappa shape index (κ3) is 3.78. The number of fused-ring (bicyclic) bond motifs is 1. The minimum atomic E-state index is -4.43. The van der Waals surface area contributed by atoms with Gasteiger partial charge in [-0.1, -0.05) is 40.9 Å². The molecule has 0 radical (unpaired) electrons. The molecular formula is C17H10Cl3F3N2. The van der Waals surface area contributed by atoms with Crippen molar-refractivity contribution in [1.82, 2.24) is 4.98 Å². The summed E-state index contributed by atoms with van der Waals surface area (Å²) in [5, 5.41) is 4.57. The van der Waals surface area contributed by atoms with Gasteiger partial charge in [-0.05, 0) is 37.3 Å². The molecule has 0 amide bonds. The van der Waals surface area contributed by atoms with Crippen LogP contribution in [-0.2, 0) is 6.18 Å². The van der Waals surface area contributed by atoms with Crippen molar-refractivity contribution in [2.75, 3.05) is 5.32 Å². The van der Waals surface area contributed by atoms with Crippen LogP contribution in [0.2, 0.25) is 15.1 Å². The molecule has 3 rings (SSSR count). The predicted molar refractivity (Wildman–Crippen MR) is 96.2 cm³/mol. The lowest BCUT2D eigenvalue weighted by molar-refractivity contribution is -0.137. The molecule has 130 valence electrons. The first kappa shape index (κ1) is 18.1. The van der Waals surface area contributed by atoms with Crippen molar-refractivity contribution in [1.29, 1.82) is 0 Å². The van der Waals surface area contributed by atoms with Crippen LogP contribution in [-0.4, -0.2) is 4.98 Å². The minimum Gasteiger partial charge on any atom is -0.354 e. The quantitative estimate of drug-likeness (QED) is 0.454. The van der Waals surface area contributed by atoms with Crippen LogP contribution in [0.25, 0.3) is 10.9 Å². The molecule has 1 N–H and O–H groups in total. The van der Waals surface area contributed by atoms with Gasteiger partial charge in [-0.3, -0.25) is 4.98 Å². The van der Waals surface area contributed by atoms with Crippen molar-refractivity contribution < 1.29 is 13.2 Å². The van der Waals surface area contributed by atoms with Gasteiger partial charge in [0, 0.05) is 16.8 Å². The maximum atomic E-state index is 12.9. The minimum absolute atomic E-state index is 0.230. The van der Waals surface area contributed by atoms with Crippen LogP contribution in [0.1, 0.15) is 11.3 Å². The molecule has 0 spiro atoms. The maximum Gasteiger partial charge on any atom is 0.416 e. The van der Waals surface area contributed by atoms with Gasteiger partial charge in [-0.2, -0.15) is 13.2 Å². The van der Waals surface area contributed by atoms with E-state index in [0.29, 0.717) is 37.5 Å². The average molecular weight is 406 g/mol. The van der Waals surface area contributed by atoms with E-state index in [1.807, 2.05) is 0 Å². The molecule has 25 heavy (non-hydrogen) atoms. The molecule has 2 aromatic carbocycles. The number of hydrogen-bond donors (Lipinski definition) is 1. The maximum absolute atomic E-state index is 12.9. The van der Waals surface area contributed by atoms with E-state index in [4.69, 9.17) is 34.8 Å². The number of hydrogen-bond acceptors (Lipinski definition) is 2. The first-order valence-electron chi connectivity index (χ1n) is 7.05. The van der Waals surface area contributed by atoms with Crippen molar-refractivity contribution in [2.45, 2.75) is 13.1 Å². The summed E-state index contributed by atoms with van der Waals surface area (Å²) in [4.78, 5) is 4.19. The Morgan fingerprint density at radius 3 is 2.24 bits per heavy atom. The lowest BCUT2D eigenvalue weighted by Gasteiger charge is -2.14. The highest BCUT2D eigenvalue weighted by Crippen LogP contribution is 2.37. The number of nitrogens with zero attached hydrogens (tertiary/aromatic N) is 1. The molecule has 0 saturated carbocycles. The smallest absolute Gasteiger partial charge is 0.354 e. The Balaban J connectivity index is 2.12. The van der Waals surface area contributed by atoms with Crippen LogP contribution in [0.5, 0.6) is 0 Å². The van der Waals surface area contributed by atoms with Crippen LogP contribution in [0.4, 0.5) is 24.5 Å². The molecule has 0 aliphatic rings. The monoisotopic (exact) mass is 404 g/mol. The lowest BCUT2D eigenvalue weighted by Crippen LogP contribution is -2.05. The van der Waals surface area contributed by atoms with E-state index < -0.39 is 11.7 Å². The van der Waals surface area contributed by atoms with E-state index in [1.165, 1.54) is 12.1 Å². The Labute approximate surface area is 156 Å². The average Bonchev–Trinajstić information content (AvgIpc) is 2.51. The van der Waals surface area contributed by atoms with Gasteiger partial charge in [0.15, 0.2) is 0 Å². The van der Waals surface area contributed by atoms with Gasteiger partial charge in [-0.25, -0.2) is 0 Å². The van der Waals surface area contributed by atoms with Crippen molar-refractivity contribution in [3.63, 3.8) is 0 Å². The summed E-state index contributed by atoms with van der Waals surface area (Å²) in [5.74, 6) is 0. The molecule has 3 aromatic rings. The number of halogens is 6. The Morgan fingerprint density at radius 2 is 1.56 bits per heavy atom. The van der Waals surface area contributed by atoms with Crippen LogP contribution >= 0.6 is 34.8 Å². The van der Waals surface area contributed by atoms with E-state index >= 15 is 0 Å². The number of aryl methyl sites for hydroxylation is 1. The van der Waals surface area contributed by atoms with Gasteiger partial charge < -0.3 is 5.32 Å². The summed E-state index contributed by atoms with van der Waals surface area (Å²) >= 11 is 18.1. The SMILES string of the molecule is Cc1cc(Nc2cc(Cl)c(Cl)cc2Cl)c2ccc(C(F)(F)F)cc2n1. The second-order valence-electron chi connectivity index (χ2n) is 5.41. The first-order chi connectivity index (χ1) is 11.6. The number of pyridine rings is 1. The van der Waals surface area contributed by atoms with Gasteiger partial charge in [0.1, 0.15) is 0 Å². The lowest BCUT2D eigenvalue weighted by atomic mass is 10.1. The summed E-state index contributed by atoms with van der Waals surface area (Å²) < 4.78 is 38.7. The van der Waals surface area contributed by atoms with Gasteiger partial charge >= 0.3 is 6.18 Å². The molecule has 0 fully saturated rings. The van der Waals surface area contributed by atoms with Gasteiger partial charge in [0.2, 0.25) is 0 Å². The third-order valence-electron chi connectivity index (χ3n) is 3.54. The van der Waals surface area contributed by atoms with Crippen LogP contribution < -0.4 is 5.32 Å². The van der Waals surface area contributed by atoms with Crippen molar-refractivity contribution in [3.8, 4) is 0 Å². The van der Waals surface area contributed by atoms with E-state index in [-0.39, 0.29) is 5.52 Å². The number of benzene rings is 2. The fourth-order valence-electron chi connectivity index (χ4n) is 2.40. The van der Waals surface area contributed by atoms with E-state index in [9.17, 15) is 13.2 Å². The molecule has 1 aromatic heterocycles. The standard InChI is InChI=1S/C17H10Cl3F3N2/c1-8-4-14(25-16-7-12(19)11(18)6-13(16)20)10-3-2-9(17(21,22)23)5-15(10)24-8/h2-7H,1H3,(H,24,25). The Bertz CT molecular complexity index is 971. The van der Waals surface area contributed by atoms with Crippen LogP contribution in [0.3, 0.4) is 0 Å². The van der Waals surface area contributed by atoms with Crippen molar-refractivity contribution >= 4 is 57.1 Å². The number of alkyl halides is 3. The Kier molecular flexibility index (Phi) is 4.75. The van der Waals surface area contributed by atoms with Crippen LogP contribution in [0, 0.1) is 6.92 Å². The fraction of sp³-hybridized carbons (Fsp3) is 0.118. The zero-order valence-corrected chi connectivity index (χ0v) is 14.9. The van der Waals surface area contributed by atoms with Gasteiger partial charge in [0.05, 0.1) is 31.8 Å². The first-order valence-corrected chi connectivity index (χ1v) is 8.19. The molecule has 0 unspecified atom stereocenters. The van der Waals surface area contributed by atoms with Crippen molar-refractivity contribution in [2.24, 2.45) is 0 Å². The predicted octanol–water partition coefficient (Wildman–Crippen LogP) is 7.27. The van der Waals surface area contributed by atoms with Gasteiger partial charge in [0.25, 0.3) is 0 Å². The Hall–Kier alpha value is -1.69. The summed E-state index contributed by atoms with van der Waals surface area (Å²) in [6.45, 7) is 1.70.